The van der Waals surface area contributed by atoms with Crippen molar-refractivity contribution in [2.45, 2.75) is 26.0 Å². The van der Waals surface area contributed by atoms with Crippen molar-refractivity contribution in [2.75, 3.05) is 7.11 Å². The van der Waals surface area contributed by atoms with Crippen LogP contribution < -0.4 is 11.3 Å². The maximum Gasteiger partial charge on any atom is 0.0931 e. The minimum absolute atomic E-state index is 0.00694. The topological polar surface area (TPSA) is 47.3 Å². The van der Waals surface area contributed by atoms with Gasteiger partial charge in [-0.3, -0.25) is 5.84 Å². The molecule has 15 heavy (non-hydrogen) atoms. The van der Waals surface area contributed by atoms with Crippen molar-refractivity contribution in [1.82, 2.24) is 5.43 Å². The monoisotopic (exact) mass is 248 g/mol. The van der Waals surface area contributed by atoms with Gasteiger partial charge in [0.1, 0.15) is 0 Å². The molecule has 1 aromatic heterocycles. The van der Waals surface area contributed by atoms with Crippen molar-refractivity contribution in [3.63, 3.8) is 0 Å². The molecule has 0 fully saturated rings. The quantitative estimate of drug-likeness (QED) is 0.622. The van der Waals surface area contributed by atoms with Crippen molar-refractivity contribution < 1.29 is 4.74 Å². The molecule has 1 heterocycles. The van der Waals surface area contributed by atoms with Gasteiger partial charge in [-0.1, -0.05) is 25.4 Å². The summed E-state index contributed by atoms with van der Waals surface area (Å²) < 4.78 is 6.22. The lowest BCUT2D eigenvalue weighted by Gasteiger charge is -2.27. The van der Waals surface area contributed by atoms with Crippen molar-refractivity contribution in [1.29, 1.82) is 0 Å². The van der Waals surface area contributed by atoms with Crippen molar-refractivity contribution in [2.24, 2.45) is 11.8 Å². The Morgan fingerprint density at radius 2 is 2.13 bits per heavy atom. The second kappa shape index (κ2) is 5.82. The van der Waals surface area contributed by atoms with E-state index >= 15 is 0 Å². The Morgan fingerprint density at radius 3 is 2.47 bits per heavy atom. The van der Waals surface area contributed by atoms with Crippen LogP contribution in [0.5, 0.6) is 0 Å². The molecule has 2 atom stereocenters. The van der Waals surface area contributed by atoms with Gasteiger partial charge < -0.3 is 4.74 Å². The maximum absolute atomic E-state index is 5.90. The Labute approximate surface area is 99.5 Å². The average Bonchev–Trinajstić information content (AvgIpc) is 2.60. The third kappa shape index (κ3) is 3.16. The van der Waals surface area contributed by atoms with Gasteiger partial charge in [-0.15, -0.1) is 11.3 Å². The summed E-state index contributed by atoms with van der Waals surface area (Å²) in [5, 5.41) is 0. The Kier molecular flexibility index (Phi) is 5.02. The maximum atomic E-state index is 5.90. The van der Waals surface area contributed by atoms with Crippen LogP contribution in [0.4, 0.5) is 0 Å². The van der Waals surface area contributed by atoms with E-state index in [0.717, 1.165) is 9.21 Å². The molecule has 86 valence electrons. The SMILES string of the molecule is COC(C(C)C)C(NN)c1ccc(Cl)s1. The first kappa shape index (κ1) is 12.9. The summed E-state index contributed by atoms with van der Waals surface area (Å²) >= 11 is 7.42. The molecular formula is C10H17ClN2OS. The highest BCUT2D eigenvalue weighted by Crippen LogP contribution is 2.31. The molecule has 0 bridgehead atoms. The minimum Gasteiger partial charge on any atom is -0.379 e. The molecule has 0 amide bonds. The molecule has 0 aliphatic carbocycles. The molecule has 0 aliphatic heterocycles. The molecule has 1 rings (SSSR count). The lowest BCUT2D eigenvalue weighted by atomic mass is 9.99. The van der Waals surface area contributed by atoms with Gasteiger partial charge in [0.05, 0.1) is 16.5 Å². The normalized spacial score (nSPS) is 15.6. The van der Waals surface area contributed by atoms with Crippen LogP contribution in [0.1, 0.15) is 24.8 Å². The summed E-state index contributed by atoms with van der Waals surface area (Å²) in [6, 6.07) is 3.85. The molecular weight excluding hydrogens is 232 g/mol. The van der Waals surface area contributed by atoms with E-state index in [2.05, 4.69) is 19.3 Å². The molecule has 0 radical (unpaired) electrons. The molecule has 2 unspecified atom stereocenters. The summed E-state index contributed by atoms with van der Waals surface area (Å²) in [5.41, 5.74) is 2.79. The smallest absolute Gasteiger partial charge is 0.0931 e. The van der Waals surface area contributed by atoms with Gasteiger partial charge in [-0.2, -0.15) is 0 Å². The Bertz CT molecular complexity index is 303. The number of hydrogen-bond acceptors (Lipinski definition) is 4. The molecule has 0 saturated carbocycles. The fourth-order valence-corrected chi connectivity index (χ4v) is 2.78. The first-order chi connectivity index (χ1) is 7.10. The second-order valence-corrected chi connectivity index (χ2v) is 5.48. The number of thiophene rings is 1. The Hall–Kier alpha value is -0.130. The average molecular weight is 249 g/mol. The van der Waals surface area contributed by atoms with Gasteiger partial charge in [0, 0.05) is 12.0 Å². The molecule has 3 N–H and O–H groups in total. The van der Waals surface area contributed by atoms with Gasteiger partial charge in [-0.25, -0.2) is 5.43 Å². The van der Waals surface area contributed by atoms with Crippen LogP contribution in [-0.4, -0.2) is 13.2 Å². The van der Waals surface area contributed by atoms with Crippen LogP contribution in [0.15, 0.2) is 12.1 Å². The molecule has 0 aromatic carbocycles. The van der Waals surface area contributed by atoms with Crippen LogP contribution >= 0.6 is 22.9 Å². The van der Waals surface area contributed by atoms with E-state index in [0.29, 0.717) is 5.92 Å². The van der Waals surface area contributed by atoms with E-state index in [1.807, 2.05) is 12.1 Å². The van der Waals surface area contributed by atoms with Gasteiger partial charge in [0.15, 0.2) is 0 Å². The summed E-state index contributed by atoms with van der Waals surface area (Å²) in [6.07, 6.45) is 0.0460. The number of halogens is 1. The number of methoxy groups -OCH3 is 1. The predicted octanol–water partition coefficient (Wildman–Crippen LogP) is 2.58. The van der Waals surface area contributed by atoms with Crippen LogP contribution in [0.25, 0.3) is 0 Å². The first-order valence-electron chi connectivity index (χ1n) is 4.84. The van der Waals surface area contributed by atoms with Crippen LogP contribution in [0.3, 0.4) is 0 Å². The van der Waals surface area contributed by atoms with Gasteiger partial charge in [-0.05, 0) is 18.1 Å². The molecule has 0 spiro atoms. The van der Waals surface area contributed by atoms with Crippen molar-refractivity contribution >= 4 is 22.9 Å². The Morgan fingerprint density at radius 1 is 1.47 bits per heavy atom. The van der Waals surface area contributed by atoms with Crippen LogP contribution in [0, 0.1) is 5.92 Å². The summed E-state index contributed by atoms with van der Waals surface area (Å²) in [7, 11) is 1.70. The van der Waals surface area contributed by atoms with Crippen molar-refractivity contribution in [3.05, 3.63) is 21.3 Å². The summed E-state index contributed by atoms with van der Waals surface area (Å²) in [6.45, 7) is 4.21. The standard InChI is InChI=1S/C10H17ClN2OS/c1-6(2)10(14-3)9(13-12)7-4-5-8(11)15-7/h4-6,9-10,13H,12H2,1-3H3. The zero-order valence-corrected chi connectivity index (χ0v) is 10.7. The molecule has 0 saturated heterocycles. The van der Waals surface area contributed by atoms with Crippen LogP contribution in [-0.2, 0) is 4.74 Å². The van der Waals surface area contributed by atoms with E-state index in [1.165, 1.54) is 11.3 Å². The third-order valence-corrected chi connectivity index (χ3v) is 3.65. The van der Waals surface area contributed by atoms with E-state index in [1.54, 1.807) is 7.11 Å². The highest BCUT2D eigenvalue weighted by molar-refractivity contribution is 7.16. The van der Waals surface area contributed by atoms with E-state index in [4.69, 9.17) is 22.2 Å². The molecule has 5 heteroatoms. The highest BCUT2D eigenvalue weighted by atomic mass is 35.5. The fraction of sp³-hybridized carbons (Fsp3) is 0.600. The largest absolute Gasteiger partial charge is 0.379 e. The van der Waals surface area contributed by atoms with Gasteiger partial charge in [0.25, 0.3) is 0 Å². The fourth-order valence-electron chi connectivity index (χ4n) is 1.63. The highest BCUT2D eigenvalue weighted by Gasteiger charge is 2.26. The van der Waals surface area contributed by atoms with Crippen LogP contribution in [0.2, 0.25) is 4.34 Å². The van der Waals surface area contributed by atoms with Gasteiger partial charge in [0.2, 0.25) is 0 Å². The number of hydrogen-bond donors (Lipinski definition) is 2. The van der Waals surface area contributed by atoms with E-state index in [-0.39, 0.29) is 12.1 Å². The Balaban J connectivity index is 2.86. The lowest BCUT2D eigenvalue weighted by Crippen LogP contribution is -2.39. The first-order valence-corrected chi connectivity index (χ1v) is 6.03. The van der Waals surface area contributed by atoms with Gasteiger partial charge >= 0.3 is 0 Å². The molecule has 0 aliphatic rings. The number of nitrogens with two attached hydrogens (primary N) is 1. The number of ether oxygens (including phenoxy) is 1. The third-order valence-electron chi connectivity index (χ3n) is 2.34. The summed E-state index contributed by atoms with van der Waals surface area (Å²) in [5.74, 6) is 5.95. The number of rotatable bonds is 5. The molecule has 3 nitrogen and oxygen atoms in total. The zero-order chi connectivity index (χ0) is 11.4. The van der Waals surface area contributed by atoms with E-state index < -0.39 is 0 Å². The minimum atomic E-state index is -0.00694. The lowest BCUT2D eigenvalue weighted by molar-refractivity contribution is 0.0336. The zero-order valence-electron chi connectivity index (χ0n) is 9.16. The van der Waals surface area contributed by atoms with E-state index in [9.17, 15) is 0 Å². The summed E-state index contributed by atoms with van der Waals surface area (Å²) in [4.78, 5) is 1.10. The second-order valence-electron chi connectivity index (χ2n) is 3.73. The number of nitrogens with one attached hydrogen (secondary N) is 1. The molecule has 1 aromatic rings. The van der Waals surface area contributed by atoms with Crippen molar-refractivity contribution in [3.8, 4) is 0 Å². The predicted molar refractivity (Wildman–Crippen MR) is 65.0 cm³/mol. The number of hydrazine groups is 1.